The van der Waals surface area contributed by atoms with Crippen molar-refractivity contribution in [2.75, 3.05) is 0 Å². The van der Waals surface area contributed by atoms with Crippen LogP contribution >= 0.6 is 0 Å². The van der Waals surface area contributed by atoms with Crippen molar-refractivity contribution >= 4 is 12.2 Å². The summed E-state index contributed by atoms with van der Waals surface area (Å²) in [5.74, 6) is -6.83. The van der Waals surface area contributed by atoms with Gasteiger partial charge in [0.1, 0.15) is 0 Å². The van der Waals surface area contributed by atoms with E-state index in [1.807, 2.05) is 0 Å². The molecule has 2 rings (SSSR count). The highest BCUT2D eigenvalue weighted by atomic mass is 19.2. The van der Waals surface area contributed by atoms with Crippen LogP contribution in [0.5, 0.6) is 0 Å². The lowest BCUT2D eigenvalue weighted by Gasteiger charge is -2.09. The van der Waals surface area contributed by atoms with E-state index in [0.29, 0.717) is 0 Å². The molecule has 0 radical (unpaired) electrons. The molecule has 0 bridgehead atoms. The van der Waals surface area contributed by atoms with Crippen LogP contribution < -0.4 is 5.46 Å². The summed E-state index contributed by atoms with van der Waals surface area (Å²) in [4.78, 5) is 0. The quantitative estimate of drug-likeness (QED) is 0.300. The van der Waals surface area contributed by atoms with E-state index in [1.54, 1.807) is 0 Å². The smallest absolute Gasteiger partial charge is 0.204 e. The first-order chi connectivity index (χ1) is 7.54. The first kappa shape index (κ1) is 10.9. The van der Waals surface area contributed by atoms with Crippen molar-refractivity contribution in [3.8, 4) is 0 Å². The molecular formula is C10H4BF5. The van der Waals surface area contributed by atoms with E-state index in [-0.39, 0.29) is 0 Å². The highest BCUT2D eigenvalue weighted by Crippen LogP contribution is 2.17. The Kier molecular flexibility index (Phi) is 2.57. The second-order valence-corrected chi connectivity index (χ2v) is 3.28. The lowest BCUT2D eigenvalue weighted by atomic mass is 9.46. The molecule has 82 valence electrons. The van der Waals surface area contributed by atoms with Crippen molar-refractivity contribution in [1.82, 2.24) is 0 Å². The van der Waals surface area contributed by atoms with Gasteiger partial charge in [-0.15, -0.1) is 12.0 Å². The van der Waals surface area contributed by atoms with Gasteiger partial charge < -0.3 is 0 Å². The molecule has 1 aliphatic rings. The van der Waals surface area contributed by atoms with Gasteiger partial charge in [0, 0.05) is 5.46 Å². The Morgan fingerprint density at radius 3 is 1.44 bits per heavy atom. The summed E-state index contributed by atoms with van der Waals surface area (Å²) in [6.07, 6.45) is 2.95. The van der Waals surface area contributed by atoms with Crippen molar-refractivity contribution in [2.24, 2.45) is 0 Å². The Hall–Kier alpha value is -1.59. The fourth-order valence-electron chi connectivity index (χ4n) is 1.54. The molecule has 0 spiro atoms. The Balaban J connectivity index is 2.69. The van der Waals surface area contributed by atoms with E-state index in [9.17, 15) is 22.0 Å². The van der Waals surface area contributed by atoms with Crippen LogP contribution in [0.4, 0.5) is 22.0 Å². The molecule has 0 aliphatic carbocycles. The average Bonchev–Trinajstić information content (AvgIpc) is 2.77. The van der Waals surface area contributed by atoms with E-state index < -0.39 is 41.3 Å². The Bertz CT molecular complexity index is 465. The first-order valence-corrected chi connectivity index (χ1v) is 4.40. The molecule has 16 heavy (non-hydrogen) atoms. The van der Waals surface area contributed by atoms with Crippen molar-refractivity contribution in [1.29, 1.82) is 0 Å². The van der Waals surface area contributed by atoms with Crippen LogP contribution in [0, 0.1) is 29.1 Å². The normalized spacial score (nSPS) is 13.9. The summed E-state index contributed by atoms with van der Waals surface area (Å²) in [5, 5.41) is 0. The van der Waals surface area contributed by atoms with E-state index in [4.69, 9.17) is 0 Å². The summed E-state index contributed by atoms with van der Waals surface area (Å²) in [6, 6.07) is 0. The van der Waals surface area contributed by atoms with Crippen LogP contribution in [-0.2, 0) is 0 Å². The molecule has 0 nitrogen and oxygen atoms in total. The lowest BCUT2D eigenvalue weighted by Crippen LogP contribution is -2.34. The van der Waals surface area contributed by atoms with Gasteiger partial charge in [0.2, 0.25) is 6.71 Å². The third-order valence-corrected chi connectivity index (χ3v) is 2.33. The third kappa shape index (κ3) is 1.45. The first-order valence-electron chi connectivity index (χ1n) is 4.40. The number of hydrogen-bond donors (Lipinski definition) is 0. The van der Waals surface area contributed by atoms with Crippen molar-refractivity contribution in [2.45, 2.75) is 0 Å². The minimum absolute atomic E-state index is 0.818. The number of halogens is 5. The fraction of sp³-hybridized carbons (Fsp3) is 0. The van der Waals surface area contributed by atoms with Gasteiger partial charge in [-0.3, -0.25) is 0 Å². The van der Waals surface area contributed by atoms with Crippen LogP contribution in [0.1, 0.15) is 0 Å². The van der Waals surface area contributed by atoms with Gasteiger partial charge in [0.25, 0.3) is 0 Å². The van der Waals surface area contributed by atoms with Gasteiger partial charge in [0.05, 0.1) is 0 Å². The van der Waals surface area contributed by atoms with Gasteiger partial charge in [-0.2, -0.15) is 0 Å². The zero-order valence-corrected chi connectivity index (χ0v) is 7.78. The van der Waals surface area contributed by atoms with Crippen molar-refractivity contribution in [3.63, 3.8) is 0 Å². The molecule has 6 heteroatoms. The summed E-state index contributed by atoms with van der Waals surface area (Å²) >= 11 is 0. The SMILES string of the molecule is Fc1c(F)c(F)c(B2C=CC=C2)c(F)c1F. The molecule has 1 aromatic carbocycles. The molecule has 1 aromatic rings. The molecule has 0 N–H and O–H groups in total. The largest absolute Gasteiger partial charge is 0.234 e. The maximum absolute atomic E-state index is 13.3. The van der Waals surface area contributed by atoms with Crippen molar-refractivity contribution in [3.05, 3.63) is 53.2 Å². The van der Waals surface area contributed by atoms with Gasteiger partial charge in [-0.05, 0) is 0 Å². The number of allylic oxidation sites excluding steroid dienone is 2. The molecule has 0 saturated carbocycles. The predicted octanol–water partition coefficient (Wildman–Crippen LogP) is 2.29. The molecule has 1 heterocycles. The van der Waals surface area contributed by atoms with Crippen LogP contribution in [0.2, 0.25) is 0 Å². The Morgan fingerprint density at radius 1 is 0.625 bits per heavy atom. The van der Waals surface area contributed by atoms with Gasteiger partial charge in [-0.1, -0.05) is 12.2 Å². The van der Waals surface area contributed by atoms with E-state index in [2.05, 4.69) is 0 Å². The van der Waals surface area contributed by atoms with Gasteiger partial charge in [0.15, 0.2) is 29.1 Å². The maximum atomic E-state index is 13.3. The van der Waals surface area contributed by atoms with E-state index in [0.717, 1.165) is 0 Å². The monoisotopic (exact) mass is 230 g/mol. The summed E-state index contributed by atoms with van der Waals surface area (Å²) in [5.41, 5.74) is -0.818. The molecule has 1 aliphatic heterocycles. The fourth-order valence-corrected chi connectivity index (χ4v) is 1.54. The summed E-state index contributed by atoms with van der Waals surface area (Å²) in [7, 11) is 0. The molecule has 0 atom stereocenters. The summed E-state index contributed by atoms with van der Waals surface area (Å²) in [6.45, 7) is -0.912. The zero-order chi connectivity index (χ0) is 11.9. The molecule has 0 aromatic heterocycles. The lowest BCUT2D eigenvalue weighted by molar-refractivity contribution is 0.384. The highest BCUT2D eigenvalue weighted by Gasteiger charge is 2.30. The van der Waals surface area contributed by atoms with Crippen molar-refractivity contribution < 1.29 is 22.0 Å². The van der Waals surface area contributed by atoms with E-state index >= 15 is 0 Å². The number of rotatable bonds is 1. The van der Waals surface area contributed by atoms with Gasteiger partial charge >= 0.3 is 0 Å². The molecule has 0 amide bonds. The second kappa shape index (κ2) is 3.77. The Labute approximate surface area is 88.2 Å². The average molecular weight is 230 g/mol. The second-order valence-electron chi connectivity index (χ2n) is 3.28. The number of benzene rings is 1. The Morgan fingerprint density at radius 2 is 1.00 bits per heavy atom. The van der Waals surface area contributed by atoms with Crippen LogP contribution in [0.15, 0.2) is 24.1 Å². The topological polar surface area (TPSA) is 0 Å². The van der Waals surface area contributed by atoms with Crippen LogP contribution in [0.3, 0.4) is 0 Å². The minimum Gasteiger partial charge on any atom is -0.204 e. The summed E-state index contributed by atoms with van der Waals surface area (Å²) < 4.78 is 64.9. The standard InChI is InChI=1S/C10H4BF5/c12-6-5(11-3-1-2-4-11)7(13)9(15)10(16)8(6)14/h1-4H. The van der Waals surface area contributed by atoms with Crippen LogP contribution in [0.25, 0.3) is 0 Å². The zero-order valence-electron chi connectivity index (χ0n) is 7.78. The molecular weight excluding hydrogens is 226 g/mol. The highest BCUT2D eigenvalue weighted by molar-refractivity contribution is 6.83. The molecule has 0 saturated heterocycles. The third-order valence-electron chi connectivity index (χ3n) is 2.33. The van der Waals surface area contributed by atoms with Crippen LogP contribution in [-0.4, -0.2) is 6.71 Å². The molecule has 0 fully saturated rings. The van der Waals surface area contributed by atoms with E-state index in [1.165, 1.54) is 24.1 Å². The van der Waals surface area contributed by atoms with Gasteiger partial charge in [-0.25, -0.2) is 22.0 Å². The minimum atomic E-state index is -2.13. The molecule has 0 unspecified atom stereocenters. The predicted molar refractivity (Wildman–Crippen MR) is 49.9 cm³/mol. The number of hydrogen-bond acceptors (Lipinski definition) is 0. The maximum Gasteiger partial charge on any atom is 0.234 e.